The van der Waals surface area contributed by atoms with Crippen LogP contribution in [-0.2, 0) is 16.1 Å². The molecule has 1 fully saturated rings. The van der Waals surface area contributed by atoms with E-state index in [1.165, 1.54) is 19.2 Å². The molecule has 0 aliphatic carbocycles. The SMILES string of the molecule is COc1ccc(CNC(=O)[C@H]2NCCO[C@@H]2C)cc1OC(F)F.Cl. The summed E-state index contributed by atoms with van der Waals surface area (Å²) in [6.07, 6.45) is -0.225. The molecule has 2 N–H and O–H groups in total. The largest absolute Gasteiger partial charge is 0.493 e. The molecule has 24 heavy (non-hydrogen) atoms. The van der Waals surface area contributed by atoms with Gasteiger partial charge in [0.15, 0.2) is 11.5 Å². The van der Waals surface area contributed by atoms with E-state index in [0.717, 1.165) is 0 Å². The molecule has 0 radical (unpaired) electrons. The van der Waals surface area contributed by atoms with E-state index in [9.17, 15) is 13.6 Å². The molecular weight excluding hydrogens is 346 g/mol. The number of hydrogen-bond acceptors (Lipinski definition) is 5. The van der Waals surface area contributed by atoms with Crippen LogP contribution in [0.5, 0.6) is 11.5 Å². The van der Waals surface area contributed by atoms with Gasteiger partial charge in [-0.2, -0.15) is 8.78 Å². The second kappa shape index (κ2) is 9.61. The smallest absolute Gasteiger partial charge is 0.387 e. The highest BCUT2D eigenvalue weighted by molar-refractivity contribution is 5.85. The third-order valence-corrected chi connectivity index (χ3v) is 3.51. The van der Waals surface area contributed by atoms with E-state index in [0.29, 0.717) is 18.7 Å². The van der Waals surface area contributed by atoms with Gasteiger partial charge in [-0.1, -0.05) is 6.07 Å². The van der Waals surface area contributed by atoms with Gasteiger partial charge in [-0.25, -0.2) is 0 Å². The van der Waals surface area contributed by atoms with Gasteiger partial charge in [-0.05, 0) is 24.6 Å². The molecule has 9 heteroatoms. The van der Waals surface area contributed by atoms with Crippen molar-refractivity contribution in [1.82, 2.24) is 10.6 Å². The first kappa shape index (κ1) is 20.4. The number of rotatable bonds is 6. The van der Waals surface area contributed by atoms with Crippen molar-refractivity contribution in [1.29, 1.82) is 0 Å². The average Bonchev–Trinajstić information content (AvgIpc) is 2.52. The summed E-state index contributed by atoms with van der Waals surface area (Å²) in [5, 5.41) is 5.83. The Morgan fingerprint density at radius 1 is 1.46 bits per heavy atom. The van der Waals surface area contributed by atoms with Crippen molar-refractivity contribution >= 4 is 18.3 Å². The van der Waals surface area contributed by atoms with Gasteiger partial charge in [0.05, 0.1) is 19.8 Å². The van der Waals surface area contributed by atoms with Crippen LogP contribution in [0.25, 0.3) is 0 Å². The lowest BCUT2D eigenvalue weighted by molar-refractivity contribution is -0.129. The van der Waals surface area contributed by atoms with Gasteiger partial charge < -0.3 is 24.8 Å². The maximum atomic E-state index is 12.4. The fraction of sp³-hybridized carbons (Fsp3) is 0.533. The van der Waals surface area contributed by atoms with Gasteiger partial charge >= 0.3 is 6.61 Å². The van der Waals surface area contributed by atoms with Crippen LogP contribution in [0.15, 0.2) is 18.2 Å². The number of methoxy groups -OCH3 is 1. The van der Waals surface area contributed by atoms with Crippen LogP contribution in [0, 0.1) is 0 Å². The Labute approximate surface area is 145 Å². The zero-order valence-corrected chi connectivity index (χ0v) is 14.2. The van der Waals surface area contributed by atoms with Crippen LogP contribution in [0.1, 0.15) is 12.5 Å². The lowest BCUT2D eigenvalue weighted by Gasteiger charge is -2.29. The Hall–Kier alpha value is -1.64. The number of halogens is 3. The predicted octanol–water partition coefficient (Wildman–Crippen LogP) is 1.71. The second-order valence-electron chi connectivity index (χ2n) is 5.09. The third kappa shape index (κ3) is 5.47. The predicted molar refractivity (Wildman–Crippen MR) is 85.9 cm³/mol. The number of hydrogen-bond donors (Lipinski definition) is 2. The van der Waals surface area contributed by atoms with Crippen LogP contribution < -0.4 is 20.1 Å². The lowest BCUT2D eigenvalue weighted by atomic mass is 10.1. The second-order valence-corrected chi connectivity index (χ2v) is 5.09. The summed E-state index contributed by atoms with van der Waals surface area (Å²) in [6, 6.07) is 4.17. The fourth-order valence-corrected chi connectivity index (χ4v) is 2.35. The Morgan fingerprint density at radius 2 is 2.21 bits per heavy atom. The van der Waals surface area contributed by atoms with Crippen LogP contribution in [-0.4, -0.2) is 44.9 Å². The number of alkyl halides is 2. The minimum Gasteiger partial charge on any atom is -0.493 e. The number of nitrogens with one attached hydrogen (secondary N) is 2. The summed E-state index contributed by atoms with van der Waals surface area (Å²) in [7, 11) is 1.37. The van der Waals surface area contributed by atoms with Crippen molar-refractivity contribution in [3.8, 4) is 11.5 Å². The molecule has 6 nitrogen and oxygen atoms in total. The van der Waals surface area contributed by atoms with E-state index >= 15 is 0 Å². The maximum Gasteiger partial charge on any atom is 0.387 e. The zero-order valence-electron chi connectivity index (χ0n) is 13.4. The van der Waals surface area contributed by atoms with Crippen molar-refractivity contribution < 1.29 is 27.8 Å². The molecule has 0 saturated carbocycles. The highest BCUT2D eigenvalue weighted by atomic mass is 35.5. The molecular formula is C15H21ClF2N2O4. The summed E-state index contributed by atoms with van der Waals surface area (Å²) < 4.78 is 39.6. The molecule has 1 aromatic rings. The topological polar surface area (TPSA) is 68.8 Å². The van der Waals surface area contributed by atoms with Crippen molar-refractivity contribution in [3.05, 3.63) is 23.8 Å². The van der Waals surface area contributed by atoms with E-state index in [-0.39, 0.29) is 42.5 Å². The molecule has 1 saturated heterocycles. The molecule has 1 heterocycles. The minimum atomic E-state index is -2.95. The maximum absolute atomic E-state index is 12.4. The highest BCUT2D eigenvalue weighted by Crippen LogP contribution is 2.29. The summed E-state index contributed by atoms with van der Waals surface area (Å²) >= 11 is 0. The minimum absolute atomic E-state index is 0. The summed E-state index contributed by atoms with van der Waals surface area (Å²) in [5.74, 6) is -0.0672. The van der Waals surface area contributed by atoms with Gasteiger partial charge in [0, 0.05) is 13.1 Å². The summed E-state index contributed by atoms with van der Waals surface area (Å²) in [5.41, 5.74) is 0.624. The number of amides is 1. The van der Waals surface area contributed by atoms with E-state index in [1.807, 2.05) is 6.92 Å². The van der Waals surface area contributed by atoms with Crippen molar-refractivity contribution in [2.45, 2.75) is 32.2 Å². The van der Waals surface area contributed by atoms with Gasteiger partial charge in [0.1, 0.15) is 6.04 Å². The number of morpholine rings is 1. The lowest BCUT2D eigenvalue weighted by Crippen LogP contribution is -2.55. The first-order valence-corrected chi connectivity index (χ1v) is 7.25. The van der Waals surface area contributed by atoms with Crippen LogP contribution in [0.4, 0.5) is 8.78 Å². The summed E-state index contributed by atoms with van der Waals surface area (Å²) in [6.45, 7) is 0.235. The molecule has 136 valence electrons. The molecule has 0 aromatic heterocycles. The molecule has 1 aliphatic heterocycles. The Kier molecular flexibility index (Phi) is 8.17. The number of ether oxygens (including phenoxy) is 3. The van der Waals surface area contributed by atoms with Crippen molar-refractivity contribution in [2.24, 2.45) is 0 Å². The summed E-state index contributed by atoms with van der Waals surface area (Å²) in [4.78, 5) is 12.1. The van der Waals surface area contributed by atoms with E-state index in [1.54, 1.807) is 6.07 Å². The van der Waals surface area contributed by atoms with E-state index in [4.69, 9.17) is 9.47 Å². The Balaban J connectivity index is 0.00000288. The molecule has 2 atom stereocenters. The number of carbonyl (C=O) groups is 1. The molecule has 0 bridgehead atoms. The van der Waals surface area contributed by atoms with Gasteiger partial charge in [0.2, 0.25) is 5.91 Å². The first-order chi connectivity index (χ1) is 11.0. The van der Waals surface area contributed by atoms with Crippen LogP contribution in [0.3, 0.4) is 0 Å². The molecule has 1 aliphatic rings. The van der Waals surface area contributed by atoms with Crippen molar-refractivity contribution in [2.75, 3.05) is 20.3 Å². The zero-order chi connectivity index (χ0) is 16.8. The standard InChI is InChI=1S/C15H20F2N2O4.ClH/c1-9-13(18-5-6-22-9)14(20)19-8-10-3-4-11(21-2)12(7-10)23-15(16)17;/h3-4,7,9,13,15,18H,5-6,8H2,1-2H3,(H,19,20);1H/t9-,13+;/m1./s1. The van der Waals surface area contributed by atoms with Gasteiger partial charge in [0.25, 0.3) is 0 Å². The number of benzene rings is 1. The van der Waals surface area contributed by atoms with Crippen molar-refractivity contribution in [3.63, 3.8) is 0 Å². The van der Waals surface area contributed by atoms with E-state index < -0.39 is 12.7 Å². The molecule has 0 spiro atoms. The third-order valence-electron chi connectivity index (χ3n) is 3.51. The Bertz CT molecular complexity index is 548. The molecule has 2 rings (SSSR count). The fourth-order valence-electron chi connectivity index (χ4n) is 2.35. The molecule has 1 aromatic carbocycles. The van der Waals surface area contributed by atoms with Crippen LogP contribution in [0.2, 0.25) is 0 Å². The quantitative estimate of drug-likeness (QED) is 0.802. The molecule has 0 unspecified atom stereocenters. The normalized spacial score (nSPS) is 20.2. The molecule has 1 amide bonds. The van der Waals surface area contributed by atoms with Gasteiger partial charge in [-0.3, -0.25) is 4.79 Å². The van der Waals surface area contributed by atoms with Crippen LogP contribution >= 0.6 is 12.4 Å². The van der Waals surface area contributed by atoms with E-state index in [2.05, 4.69) is 15.4 Å². The monoisotopic (exact) mass is 366 g/mol. The average molecular weight is 367 g/mol. The first-order valence-electron chi connectivity index (χ1n) is 7.25. The van der Waals surface area contributed by atoms with Gasteiger partial charge in [-0.15, -0.1) is 12.4 Å². The Morgan fingerprint density at radius 3 is 2.83 bits per heavy atom. The highest BCUT2D eigenvalue weighted by Gasteiger charge is 2.27. The number of carbonyl (C=O) groups excluding carboxylic acids is 1.